The van der Waals surface area contributed by atoms with Crippen LogP contribution in [0.1, 0.15) is 38.9 Å². The molecule has 7 nitrogen and oxygen atoms in total. The molecule has 5 rings (SSSR count). The molecule has 5 aromatic rings. The Morgan fingerprint density at radius 1 is 0.950 bits per heavy atom. The largest absolute Gasteiger partial charge is 0.490 e. The summed E-state index contributed by atoms with van der Waals surface area (Å²) in [5.74, 6) is -0.182. The molecule has 200 valence electrons. The van der Waals surface area contributed by atoms with Gasteiger partial charge in [-0.2, -0.15) is 5.10 Å². The molecule has 4 aromatic carbocycles. The number of para-hydroxylation sites is 1. The summed E-state index contributed by atoms with van der Waals surface area (Å²) in [4.78, 5) is 29.2. The molecule has 0 atom stereocenters. The van der Waals surface area contributed by atoms with Crippen molar-refractivity contribution in [2.45, 2.75) is 13.8 Å². The number of esters is 1. The van der Waals surface area contributed by atoms with Gasteiger partial charge in [0, 0.05) is 20.9 Å². The zero-order chi connectivity index (χ0) is 28.1. The number of fused-ring (bicyclic) bond motifs is 1. The van der Waals surface area contributed by atoms with Crippen LogP contribution in [0.4, 0.5) is 0 Å². The van der Waals surface area contributed by atoms with Crippen LogP contribution in [-0.2, 0) is 0 Å². The number of carbonyl (C=O) groups excluding carboxylic acids is 2. The second-order valence-corrected chi connectivity index (χ2v) is 9.89. The molecule has 0 aliphatic heterocycles. The summed E-state index contributed by atoms with van der Waals surface area (Å²) in [6, 6.07) is 27.7. The van der Waals surface area contributed by atoms with Crippen LogP contribution < -0.4 is 14.9 Å². The lowest BCUT2D eigenvalue weighted by Gasteiger charge is -2.11. The molecule has 0 aliphatic rings. The second kappa shape index (κ2) is 12.0. The molecule has 0 unspecified atom stereocenters. The number of H-pyrrole nitrogens is 1. The number of hydrogen-bond donors (Lipinski definition) is 2. The molecule has 1 aromatic heterocycles. The first-order valence-electron chi connectivity index (χ1n) is 12.7. The molecule has 0 radical (unpaired) electrons. The minimum Gasteiger partial charge on any atom is -0.490 e. The maximum Gasteiger partial charge on any atom is 0.343 e. The fraction of sp³-hybridized carbons (Fsp3) is 0.0938. The van der Waals surface area contributed by atoms with Gasteiger partial charge in [-0.25, -0.2) is 10.2 Å². The predicted octanol–water partition coefficient (Wildman–Crippen LogP) is 7.29. The number of benzene rings is 4. The summed E-state index contributed by atoms with van der Waals surface area (Å²) < 4.78 is 12.1. The molecular weight excluding hydrogens is 570 g/mol. The molecule has 0 bridgehead atoms. The zero-order valence-electron chi connectivity index (χ0n) is 21.9. The van der Waals surface area contributed by atoms with Crippen molar-refractivity contribution < 1.29 is 19.1 Å². The molecule has 1 amide bonds. The number of amides is 1. The van der Waals surface area contributed by atoms with Gasteiger partial charge in [0.05, 0.1) is 18.4 Å². The Labute approximate surface area is 240 Å². The van der Waals surface area contributed by atoms with E-state index in [9.17, 15) is 9.59 Å². The minimum absolute atomic E-state index is 0.289. The number of nitrogens with one attached hydrogen (secondary N) is 2. The van der Waals surface area contributed by atoms with E-state index in [-0.39, 0.29) is 11.7 Å². The first-order chi connectivity index (χ1) is 19.4. The van der Waals surface area contributed by atoms with Crippen molar-refractivity contribution >= 4 is 44.9 Å². The van der Waals surface area contributed by atoms with Gasteiger partial charge in [-0.15, -0.1) is 0 Å². The molecule has 40 heavy (non-hydrogen) atoms. The van der Waals surface area contributed by atoms with Gasteiger partial charge in [-0.3, -0.25) is 4.79 Å². The second-order valence-electron chi connectivity index (χ2n) is 8.97. The Hall–Kier alpha value is -4.69. The summed E-state index contributed by atoms with van der Waals surface area (Å²) in [5.41, 5.74) is 7.84. The van der Waals surface area contributed by atoms with Gasteiger partial charge in [0.1, 0.15) is 5.69 Å². The first-order valence-corrected chi connectivity index (χ1v) is 13.5. The maximum atomic E-state index is 13.3. The highest BCUT2D eigenvalue weighted by Crippen LogP contribution is 2.34. The van der Waals surface area contributed by atoms with E-state index in [1.54, 1.807) is 42.5 Å². The minimum atomic E-state index is -0.495. The Bertz CT molecular complexity index is 1710. The zero-order valence-corrected chi connectivity index (χ0v) is 23.5. The van der Waals surface area contributed by atoms with Crippen LogP contribution in [0.2, 0.25) is 0 Å². The third-order valence-electron chi connectivity index (χ3n) is 6.26. The number of ether oxygens (including phenoxy) is 2. The smallest absolute Gasteiger partial charge is 0.343 e. The van der Waals surface area contributed by atoms with Crippen LogP contribution in [0.3, 0.4) is 0 Å². The van der Waals surface area contributed by atoms with Crippen molar-refractivity contribution in [3.63, 3.8) is 0 Å². The number of hydrogen-bond acceptors (Lipinski definition) is 5. The van der Waals surface area contributed by atoms with E-state index < -0.39 is 5.97 Å². The first kappa shape index (κ1) is 26.9. The van der Waals surface area contributed by atoms with Crippen molar-refractivity contribution in [3.8, 4) is 22.6 Å². The number of aromatic amines is 1. The monoisotopic (exact) mass is 595 g/mol. The Morgan fingerprint density at radius 3 is 2.48 bits per heavy atom. The van der Waals surface area contributed by atoms with Crippen LogP contribution >= 0.6 is 15.9 Å². The topological polar surface area (TPSA) is 92.8 Å². The average Bonchev–Trinajstić information content (AvgIpc) is 3.36. The van der Waals surface area contributed by atoms with Gasteiger partial charge in [0.25, 0.3) is 5.91 Å². The summed E-state index contributed by atoms with van der Waals surface area (Å²) in [7, 11) is 0. The molecule has 0 saturated carbocycles. The van der Waals surface area contributed by atoms with Crippen LogP contribution in [-0.4, -0.2) is 29.7 Å². The van der Waals surface area contributed by atoms with Gasteiger partial charge in [0.15, 0.2) is 11.5 Å². The Morgan fingerprint density at radius 2 is 1.73 bits per heavy atom. The molecule has 2 N–H and O–H groups in total. The average molecular weight is 596 g/mol. The van der Waals surface area contributed by atoms with Crippen molar-refractivity contribution in [3.05, 3.63) is 118 Å². The van der Waals surface area contributed by atoms with Crippen molar-refractivity contribution in [2.24, 2.45) is 5.10 Å². The van der Waals surface area contributed by atoms with E-state index in [1.807, 2.05) is 62.4 Å². The molecule has 0 aliphatic carbocycles. The van der Waals surface area contributed by atoms with E-state index in [4.69, 9.17) is 9.47 Å². The van der Waals surface area contributed by atoms with Crippen LogP contribution in [0.15, 0.2) is 101 Å². The molecule has 1 heterocycles. The van der Waals surface area contributed by atoms with E-state index in [1.165, 1.54) is 6.21 Å². The SMILES string of the molecule is CCOc1cc(C=NNC(=O)c2[nH]c3c(C)cccc3c2-c2ccccc2)ccc1OC(=O)c1ccc(Br)cc1. The standard InChI is InChI=1S/C32H26BrN3O4/c1-3-39-27-18-21(12-17-26(27)40-32(38)23-13-15-24(33)16-14-23)19-34-36-31(37)30-28(22-9-5-4-6-10-22)25-11-7-8-20(2)29(25)35-30/h4-19,35H,3H2,1-2H3,(H,36,37). The number of rotatable bonds is 8. The van der Waals surface area contributed by atoms with E-state index in [2.05, 4.69) is 31.4 Å². The van der Waals surface area contributed by atoms with Gasteiger partial charge in [-0.05, 0) is 73.0 Å². The predicted molar refractivity (Wildman–Crippen MR) is 160 cm³/mol. The lowest BCUT2D eigenvalue weighted by atomic mass is 10.0. The highest BCUT2D eigenvalue weighted by molar-refractivity contribution is 9.10. The highest BCUT2D eigenvalue weighted by Gasteiger charge is 2.20. The molecular formula is C32H26BrN3O4. The maximum absolute atomic E-state index is 13.3. The van der Waals surface area contributed by atoms with Gasteiger partial charge < -0.3 is 14.5 Å². The summed E-state index contributed by atoms with van der Waals surface area (Å²) in [5, 5.41) is 5.15. The highest BCUT2D eigenvalue weighted by atomic mass is 79.9. The van der Waals surface area contributed by atoms with Crippen molar-refractivity contribution in [1.29, 1.82) is 0 Å². The number of aryl methyl sites for hydroxylation is 1. The van der Waals surface area contributed by atoms with Crippen molar-refractivity contribution in [1.82, 2.24) is 10.4 Å². The number of nitrogens with zero attached hydrogens (tertiary/aromatic N) is 1. The summed E-state index contributed by atoms with van der Waals surface area (Å²) in [6.45, 7) is 4.22. The normalized spacial score (nSPS) is 11.1. The quantitative estimate of drug-likeness (QED) is 0.0852. The Kier molecular flexibility index (Phi) is 8.07. The van der Waals surface area contributed by atoms with E-state index in [0.29, 0.717) is 29.2 Å². The molecule has 0 fully saturated rings. The summed E-state index contributed by atoms with van der Waals surface area (Å²) >= 11 is 3.36. The number of halogens is 1. The third-order valence-corrected chi connectivity index (χ3v) is 6.79. The fourth-order valence-electron chi connectivity index (χ4n) is 4.36. The number of aromatic nitrogens is 1. The van der Waals surface area contributed by atoms with E-state index in [0.717, 1.165) is 32.1 Å². The van der Waals surface area contributed by atoms with Crippen LogP contribution in [0, 0.1) is 6.92 Å². The van der Waals surface area contributed by atoms with Gasteiger partial charge >= 0.3 is 5.97 Å². The fourth-order valence-corrected chi connectivity index (χ4v) is 4.63. The van der Waals surface area contributed by atoms with Crippen molar-refractivity contribution in [2.75, 3.05) is 6.61 Å². The molecule has 0 saturated heterocycles. The lowest BCUT2D eigenvalue weighted by molar-refractivity contribution is 0.0728. The third kappa shape index (κ3) is 5.82. The lowest BCUT2D eigenvalue weighted by Crippen LogP contribution is -2.19. The molecule has 0 spiro atoms. The van der Waals surface area contributed by atoms with Gasteiger partial charge in [-0.1, -0.05) is 64.5 Å². The van der Waals surface area contributed by atoms with Crippen LogP contribution in [0.25, 0.3) is 22.0 Å². The number of hydrazone groups is 1. The van der Waals surface area contributed by atoms with Gasteiger partial charge in [0.2, 0.25) is 0 Å². The Balaban J connectivity index is 1.36. The molecule has 8 heteroatoms. The van der Waals surface area contributed by atoms with E-state index >= 15 is 0 Å². The summed E-state index contributed by atoms with van der Waals surface area (Å²) in [6.07, 6.45) is 1.51. The van der Waals surface area contributed by atoms with Crippen LogP contribution in [0.5, 0.6) is 11.5 Å². The number of carbonyl (C=O) groups is 2.